The van der Waals surface area contributed by atoms with Gasteiger partial charge in [0, 0.05) is 17.1 Å². The molecule has 19 heavy (non-hydrogen) atoms. The van der Waals surface area contributed by atoms with Crippen LogP contribution >= 0.6 is 11.6 Å². The van der Waals surface area contributed by atoms with E-state index in [-0.39, 0.29) is 19.0 Å². The zero-order chi connectivity index (χ0) is 14.0. The van der Waals surface area contributed by atoms with Gasteiger partial charge in [0.25, 0.3) is 11.8 Å². The van der Waals surface area contributed by atoms with Crippen LogP contribution in [0.1, 0.15) is 17.3 Å². The molecular weight excluding hydrogens is 270 g/mol. The molecule has 0 aromatic heterocycles. The Balaban J connectivity index is 2.06. The van der Waals surface area contributed by atoms with Crippen LogP contribution < -0.4 is 5.43 Å². The molecule has 0 aliphatic carbocycles. The fraction of sp³-hybridized carbons (Fsp3) is 0.250. The number of amides is 4. The van der Waals surface area contributed by atoms with Crippen LogP contribution in [0.3, 0.4) is 0 Å². The normalized spacial score (nSPS) is 15.1. The number of carbonyl (C=O) groups is 3. The summed E-state index contributed by atoms with van der Waals surface area (Å²) in [6.45, 7) is 1.83. The Hall–Kier alpha value is -2.08. The van der Waals surface area contributed by atoms with Crippen molar-refractivity contribution in [2.24, 2.45) is 0 Å². The second kappa shape index (κ2) is 5.27. The van der Waals surface area contributed by atoms with Crippen molar-refractivity contribution in [2.75, 3.05) is 13.1 Å². The second-order valence-corrected chi connectivity index (χ2v) is 4.39. The molecule has 0 spiro atoms. The number of hydrogen-bond donors (Lipinski definition) is 1. The van der Waals surface area contributed by atoms with Gasteiger partial charge in [0.2, 0.25) is 0 Å². The third-order valence-electron chi connectivity index (χ3n) is 2.72. The van der Waals surface area contributed by atoms with Crippen LogP contribution in [0, 0.1) is 0 Å². The van der Waals surface area contributed by atoms with Crippen LogP contribution in [0.2, 0.25) is 5.02 Å². The molecule has 1 aliphatic heterocycles. The molecule has 1 N–H and O–H groups in total. The summed E-state index contributed by atoms with van der Waals surface area (Å²) in [5, 5.41) is 1.52. The maximum Gasteiger partial charge on any atom is 0.345 e. The molecule has 0 radical (unpaired) electrons. The number of imide groups is 1. The Kier molecular flexibility index (Phi) is 3.71. The number of carbonyl (C=O) groups excluding carboxylic acids is 3. The van der Waals surface area contributed by atoms with Gasteiger partial charge in [-0.15, -0.1) is 0 Å². The zero-order valence-electron chi connectivity index (χ0n) is 10.2. The highest BCUT2D eigenvalue weighted by Crippen LogP contribution is 2.11. The van der Waals surface area contributed by atoms with Crippen LogP contribution in [-0.4, -0.2) is 40.8 Å². The predicted octanol–water partition coefficient (Wildman–Crippen LogP) is 1.27. The van der Waals surface area contributed by atoms with Crippen molar-refractivity contribution in [1.82, 2.24) is 15.3 Å². The molecule has 0 atom stereocenters. The van der Waals surface area contributed by atoms with Gasteiger partial charge in [-0.05, 0) is 31.2 Å². The van der Waals surface area contributed by atoms with Crippen LogP contribution in [0.4, 0.5) is 4.79 Å². The van der Waals surface area contributed by atoms with Gasteiger partial charge >= 0.3 is 6.03 Å². The van der Waals surface area contributed by atoms with Crippen molar-refractivity contribution in [3.8, 4) is 0 Å². The number of nitrogens with one attached hydrogen (secondary N) is 1. The summed E-state index contributed by atoms with van der Waals surface area (Å²) in [5.41, 5.74) is 2.76. The molecule has 2 rings (SSSR count). The minimum atomic E-state index is -0.519. The lowest BCUT2D eigenvalue weighted by Crippen LogP contribution is -2.44. The zero-order valence-corrected chi connectivity index (χ0v) is 11.0. The van der Waals surface area contributed by atoms with E-state index in [1.54, 1.807) is 19.1 Å². The number of likely N-dealkylation sites (N-methyl/N-ethyl adjacent to an activating group) is 1. The molecule has 1 aromatic carbocycles. The third-order valence-corrected chi connectivity index (χ3v) is 2.97. The van der Waals surface area contributed by atoms with Gasteiger partial charge in [0.1, 0.15) is 6.54 Å². The highest BCUT2D eigenvalue weighted by molar-refractivity contribution is 6.30. The molecule has 0 bridgehead atoms. The first kappa shape index (κ1) is 13.4. The third kappa shape index (κ3) is 2.68. The molecule has 100 valence electrons. The van der Waals surface area contributed by atoms with Crippen LogP contribution in [0.15, 0.2) is 24.3 Å². The van der Waals surface area contributed by atoms with Gasteiger partial charge < -0.3 is 0 Å². The van der Waals surface area contributed by atoms with E-state index in [2.05, 4.69) is 5.43 Å². The molecule has 1 aromatic rings. The molecule has 0 saturated carbocycles. The SMILES string of the molecule is CCN1C(=O)CN(NC(=O)c2ccc(Cl)cc2)C1=O. The molecule has 1 fully saturated rings. The van der Waals surface area contributed by atoms with E-state index in [0.29, 0.717) is 10.6 Å². The molecule has 6 nitrogen and oxygen atoms in total. The first-order chi connectivity index (χ1) is 9.02. The molecule has 1 aliphatic rings. The summed E-state index contributed by atoms with van der Waals surface area (Å²) >= 11 is 5.72. The summed E-state index contributed by atoms with van der Waals surface area (Å²) in [5.74, 6) is -0.792. The van der Waals surface area contributed by atoms with Crippen LogP contribution in [-0.2, 0) is 4.79 Å². The van der Waals surface area contributed by atoms with Gasteiger partial charge in [-0.25, -0.2) is 9.80 Å². The maximum atomic E-state index is 11.9. The van der Waals surface area contributed by atoms with Gasteiger partial charge in [-0.1, -0.05) is 11.6 Å². The standard InChI is InChI=1S/C12H12ClN3O3/c1-2-15-10(17)7-16(12(15)19)14-11(18)8-3-5-9(13)6-4-8/h3-6H,2,7H2,1H3,(H,14,18). The summed E-state index contributed by atoms with van der Waals surface area (Å²) in [4.78, 5) is 36.2. The van der Waals surface area contributed by atoms with Gasteiger partial charge in [0.05, 0.1) is 0 Å². The fourth-order valence-electron chi connectivity index (χ4n) is 1.73. The Labute approximate surface area is 114 Å². The number of benzene rings is 1. The van der Waals surface area contributed by atoms with E-state index < -0.39 is 11.9 Å². The molecule has 1 saturated heterocycles. The van der Waals surface area contributed by atoms with E-state index in [9.17, 15) is 14.4 Å². The van der Waals surface area contributed by atoms with Gasteiger partial charge in [0.15, 0.2) is 0 Å². The van der Waals surface area contributed by atoms with Crippen molar-refractivity contribution in [2.45, 2.75) is 6.92 Å². The number of hydrogen-bond acceptors (Lipinski definition) is 3. The Morgan fingerprint density at radius 3 is 2.47 bits per heavy atom. The Morgan fingerprint density at radius 1 is 1.32 bits per heavy atom. The highest BCUT2D eigenvalue weighted by Gasteiger charge is 2.35. The summed E-state index contributed by atoms with van der Waals surface area (Å²) < 4.78 is 0. The minimum absolute atomic E-state index is 0.147. The largest absolute Gasteiger partial charge is 0.345 e. The smallest absolute Gasteiger partial charge is 0.272 e. The lowest BCUT2D eigenvalue weighted by Gasteiger charge is -2.16. The molecule has 4 amide bonds. The van der Waals surface area contributed by atoms with Crippen LogP contribution in [0.5, 0.6) is 0 Å². The average molecular weight is 282 g/mol. The van der Waals surface area contributed by atoms with E-state index in [1.165, 1.54) is 12.1 Å². The van der Waals surface area contributed by atoms with Crippen molar-refractivity contribution in [1.29, 1.82) is 0 Å². The highest BCUT2D eigenvalue weighted by atomic mass is 35.5. The first-order valence-corrected chi connectivity index (χ1v) is 6.09. The number of nitrogens with zero attached hydrogens (tertiary/aromatic N) is 2. The number of hydrazine groups is 1. The molecular formula is C12H12ClN3O3. The quantitative estimate of drug-likeness (QED) is 0.848. The Morgan fingerprint density at radius 2 is 1.95 bits per heavy atom. The number of rotatable bonds is 3. The monoisotopic (exact) mass is 281 g/mol. The lowest BCUT2D eigenvalue weighted by atomic mass is 10.2. The van der Waals surface area contributed by atoms with E-state index in [1.807, 2.05) is 0 Å². The average Bonchev–Trinajstić information content (AvgIpc) is 2.64. The van der Waals surface area contributed by atoms with Crippen molar-refractivity contribution in [3.63, 3.8) is 0 Å². The van der Waals surface area contributed by atoms with Crippen LogP contribution in [0.25, 0.3) is 0 Å². The van der Waals surface area contributed by atoms with E-state index >= 15 is 0 Å². The first-order valence-electron chi connectivity index (χ1n) is 5.71. The minimum Gasteiger partial charge on any atom is -0.272 e. The molecule has 0 unspecified atom stereocenters. The van der Waals surface area contributed by atoms with Crippen molar-refractivity contribution in [3.05, 3.63) is 34.9 Å². The summed E-state index contributed by atoms with van der Waals surface area (Å²) in [7, 11) is 0. The van der Waals surface area contributed by atoms with Crippen molar-refractivity contribution < 1.29 is 14.4 Å². The maximum absolute atomic E-state index is 11.9. The van der Waals surface area contributed by atoms with E-state index in [0.717, 1.165) is 9.91 Å². The summed E-state index contributed by atoms with van der Waals surface area (Å²) in [6, 6.07) is 5.71. The van der Waals surface area contributed by atoms with Gasteiger partial charge in [-0.2, -0.15) is 0 Å². The lowest BCUT2D eigenvalue weighted by molar-refractivity contribution is -0.125. The topological polar surface area (TPSA) is 69.7 Å². The second-order valence-electron chi connectivity index (χ2n) is 3.95. The Bertz CT molecular complexity index is 530. The van der Waals surface area contributed by atoms with Crippen molar-refractivity contribution >= 4 is 29.4 Å². The number of halogens is 1. The predicted molar refractivity (Wildman–Crippen MR) is 68.4 cm³/mol. The summed E-state index contributed by atoms with van der Waals surface area (Å²) in [6.07, 6.45) is 0. The fourth-order valence-corrected chi connectivity index (χ4v) is 1.85. The molecule has 7 heteroatoms. The molecule has 1 heterocycles. The van der Waals surface area contributed by atoms with E-state index in [4.69, 9.17) is 11.6 Å². The number of urea groups is 1. The van der Waals surface area contributed by atoms with Gasteiger partial charge in [-0.3, -0.25) is 19.9 Å².